The summed E-state index contributed by atoms with van der Waals surface area (Å²) in [6.45, 7) is 4.67. The van der Waals surface area contributed by atoms with E-state index in [9.17, 15) is 8.90 Å². The smallest absolute Gasteiger partial charge is 0.260 e. The maximum atomic E-state index is 13.6. The third-order valence-corrected chi connectivity index (χ3v) is 3.05. The van der Waals surface area contributed by atoms with E-state index in [4.69, 9.17) is 0 Å². The van der Waals surface area contributed by atoms with Crippen molar-refractivity contribution in [3.8, 4) is 0 Å². The summed E-state index contributed by atoms with van der Waals surface area (Å²) in [7, 11) is -2.76. The zero-order valence-corrected chi connectivity index (χ0v) is 10.3. The van der Waals surface area contributed by atoms with Crippen molar-refractivity contribution in [3.63, 3.8) is 0 Å². The van der Waals surface area contributed by atoms with Crippen LogP contribution in [0.25, 0.3) is 0 Å². The topological polar surface area (TPSA) is 20.3 Å². The number of anilines is 1. The molecule has 82 valence electrons. The summed E-state index contributed by atoms with van der Waals surface area (Å²) < 4.78 is 13.6. The second-order valence-corrected chi connectivity index (χ2v) is 7.91. The standard InChI is InChI=1S/C11H16FNOSi/c1-10(14)13(9-15(2,3)12)11-7-5-4-6-8-11/h4-8H,9H2,1-3H3. The van der Waals surface area contributed by atoms with E-state index in [0.717, 1.165) is 5.69 Å². The minimum absolute atomic E-state index is 0.112. The summed E-state index contributed by atoms with van der Waals surface area (Å²) in [5.74, 6) is -0.112. The maximum Gasteiger partial charge on any atom is 0.260 e. The van der Waals surface area contributed by atoms with Gasteiger partial charge in [-0.05, 0) is 25.2 Å². The van der Waals surface area contributed by atoms with Gasteiger partial charge < -0.3 is 9.01 Å². The first-order valence-corrected chi connectivity index (χ1v) is 8.01. The van der Waals surface area contributed by atoms with E-state index in [0.29, 0.717) is 0 Å². The van der Waals surface area contributed by atoms with Crippen molar-refractivity contribution in [2.75, 3.05) is 11.1 Å². The van der Waals surface area contributed by atoms with Crippen LogP contribution in [0.1, 0.15) is 6.92 Å². The van der Waals surface area contributed by atoms with E-state index < -0.39 is 8.41 Å². The molecule has 0 bridgehead atoms. The Hall–Kier alpha value is -1.16. The number of amides is 1. The van der Waals surface area contributed by atoms with Crippen molar-refractivity contribution in [1.29, 1.82) is 0 Å². The van der Waals surface area contributed by atoms with Crippen LogP contribution in [-0.4, -0.2) is 20.5 Å². The molecule has 0 aromatic heterocycles. The Bertz CT molecular complexity index is 334. The van der Waals surface area contributed by atoms with Gasteiger partial charge in [-0.25, -0.2) is 0 Å². The highest BCUT2D eigenvalue weighted by atomic mass is 28.4. The van der Waals surface area contributed by atoms with Crippen molar-refractivity contribution in [2.45, 2.75) is 20.0 Å². The molecule has 0 saturated heterocycles. The van der Waals surface area contributed by atoms with Crippen LogP contribution in [0, 0.1) is 0 Å². The molecule has 0 saturated carbocycles. The Morgan fingerprint density at radius 2 is 1.87 bits per heavy atom. The number of nitrogens with zero attached hydrogens (tertiary/aromatic N) is 1. The molecule has 0 heterocycles. The normalized spacial score (nSPS) is 11.2. The third kappa shape index (κ3) is 3.83. The molecule has 0 N–H and O–H groups in total. The van der Waals surface area contributed by atoms with Gasteiger partial charge in [0.1, 0.15) is 0 Å². The first-order valence-electron chi connectivity index (χ1n) is 4.92. The lowest BCUT2D eigenvalue weighted by molar-refractivity contribution is -0.116. The quantitative estimate of drug-likeness (QED) is 0.572. The van der Waals surface area contributed by atoms with Gasteiger partial charge >= 0.3 is 0 Å². The fraction of sp³-hybridized carbons (Fsp3) is 0.364. The van der Waals surface area contributed by atoms with Crippen LogP contribution in [0.5, 0.6) is 0 Å². The third-order valence-electron chi connectivity index (χ3n) is 1.98. The number of para-hydroxylation sites is 1. The highest BCUT2D eigenvalue weighted by Crippen LogP contribution is 2.17. The van der Waals surface area contributed by atoms with Crippen LogP contribution in [0.3, 0.4) is 0 Å². The summed E-state index contributed by atoms with van der Waals surface area (Å²) in [6, 6.07) is 9.21. The Balaban J connectivity index is 2.90. The largest absolute Gasteiger partial charge is 0.313 e. The Kier molecular flexibility index (Phi) is 3.63. The molecule has 0 unspecified atom stereocenters. The van der Waals surface area contributed by atoms with Crippen molar-refractivity contribution in [2.24, 2.45) is 0 Å². The molecule has 0 spiro atoms. The molecular formula is C11H16FNOSi. The molecule has 0 radical (unpaired) electrons. The number of rotatable bonds is 3. The number of hydrogen-bond donors (Lipinski definition) is 0. The molecule has 1 amide bonds. The van der Waals surface area contributed by atoms with Gasteiger partial charge in [0.05, 0.1) is 0 Å². The summed E-state index contributed by atoms with van der Waals surface area (Å²) in [6.07, 6.45) is 0.215. The Morgan fingerprint density at radius 3 is 2.27 bits per heavy atom. The summed E-state index contributed by atoms with van der Waals surface area (Å²) in [4.78, 5) is 12.9. The fourth-order valence-electron chi connectivity index (χ4n) is 1.37. The molecule has 4 heteroatoms. The monoisotopic (exact) mass is 225 g/mol. The fourth-order valence-corrected chi connectivity index (χ4v) is 2.53. The van der Waals surface area contributed by atoms with Crippen LogP contribution in [0.2, 0.25) is 13.1 Å². The molecule has 1 aromatic rings. The molecule has 2 nitrogen and oxygen atoms in total. The summed E-state index contributed by atoms with van der Waals surface area (Å²) in [5.41, 5.74) is 0.767. The van der Waals surface area contributed by atoms with Crippen molar-refractivity contribution in [1.82, 2.24) is 0 Å². The lowest BCUT2D eigenvalue weighted by Gasteiger charge is -2.25. The van der Waals surface area contributed by atoms with Crippen LogP contribution in [0.15, 0.2) is 30.3 Å². The SMILES string of the molecule is CC(=O)N(C[Si](C)(C)F)c1ccccc1. The zero-order chi connectivity index (χ0) is 11.5. The van der Waals surface area contributed by atoms with Gasteiger partial charge in [0.15, 0.2) is 0 Å². The number of benzene rings is 1. The summed E-state index contributed by atoms with van der Waals surface area (Å²) >= 11 is 0. The Labute approximate surface area is 90.9 Å². The van der Waals surface area contributed by atoms with E-state index in [2.05, 4.69) is 0 Å². The molecule has 1 aromatic carbocycles. The molecular weight excluding hydrogens is 209 g/mol. The molecule has 0 aliphatic rings. The predicted octanol–water partition coefficient (Wildman–Crippen LogP) is 2.75. The highest BCUT2D eigenvalue weighted by molar-refractivity contribution is 6.71. The zero-order valence-electron chi connectivity index (χ0n) is 9.33. The predicted molar refractivity (Wildman–Crippen MR) is 63.1 cm³/mol. The van der Waals surface area contributed by atoms with Gasteiger partial charge in [-0.15, -0.1) is 0 Å². The van der Waals surface area contributed by atoms with E-state index in [-0.39, 0.29) is 12.1 Å². The minimum atomic E-state index is -2.76. The maximum absolute atomic E-state index is 13.6. The lowest BCUT2D eigenvalue weighted by atomic mass is 10.3. The van der Waals surface area contributed by atoms with Gasteiger partial charge in [0.25, 0.3) is 8.41 Å². The van der Waals surface area contributed by atoms with Crippen molar-refractivity contribution < 1.29 is 8.90 Å². The second-order valence-electron chi connectivity index (χ2n) is 4.16. The van der Waals surface area contributed by atoms with Crippen LogP contribution in [-0.2, 0) is 4.79 Å². The molecule has 0 fully saturated rings. The molecule has 0 atom stereocenters. The minimum Gasteiger partial charge on any atom is -0.313 e. The lowest BCUT2D eigenvalue weighted by Crippen LogP contribution is -2.42. The second kappa shape index (κ2) is 4.57. The van der Waals surface area contributed by atoms with Crippen LogP contribution in [0.4, 0.5) is 9.80 Å². The van der Waals surface area contributed by atoms with Gasteiger partial charge in [0, 0.05) is 18.8 Å². The summed E-state index contributed by atoms with van der Waals surface area (Å²) in [5, 5.41) is 0. The number of hydrogen-bond acceptors (Lipinski definition) is 1. The van der Waals surface area contributed by atoms with E-state index in [1.165, 1.54) is 11.8 Å². The molecule has 15 heavy (non-hydrogen) atoms. The van der Waals surface area contributed by atoms with Crippen LogP contribution < -0.4 is 4.90 Å². The first-order chi connectivity index (χ1) is 6.90. The Morgan fingerprint density at radius 1 is 1.33 bits per heavy atom. The number of carbonyl (C=O) groups excluding carboxylic acids is 1. The number of carbonyl (C=O) groups is 1. The van der Waals surface area contributed by atoms with E-state index in [1.807, 2.05) is 30.3 Å². The van der Waals surface area contributed by atoms with Gasteiger partial charge in [-0.1, -0.05) is 18.2 Å². The van der Waals surface area contributed by atoms with E-state index in [1.54, 1.807) is 13.1 Å². The molecule has 1 rings (SSSR count). The van der Waals surface area contributed by atoms with Crippen molar-refractivity contribution in [3.05, 3.63) is 30.3 Å². The average Bonchev–Trinajstić information content (AvgIpc) is 2.14. The van der Waals surface area contributed by atoms with Gasteiger partial charge in [-0.3, -0.25) is 4.79 Å². The first kappa shape index (κ1) is 11.9. The van der Waals surface area contributed by atoms with Crippen LogP contribution >= 0.6 is 0 Å². The van der Waals surface area contributed by atoms with Gasteiger partial charge in [-0.2, -0.15) is 0 Å². The van der Waals surface area contributed by atoms with Gasteiger partial charge in [0.2, 0.25) is 5.91 Å². The van der Waals surface area contributed by atoms with Crippen molar-refractivity contribution >= 4 is 20.0 Å². The number of halogens is 1. The average molecular weight is 225 g/mol. The molecule has 0 aliphatic carbocycles. The molecule has 0 aliphatic heterocycles. The highest BCUT2D eigenvalue weighted by Gasteiger charge is 2.26. The van der Waals surface area contributed by atoms with E-state index >= 15 is 0 Å².